The number of thioether (sulfide) groups is 1. The lowest BCUT2D eigenvalue weighted by molar-refractivity contribution is 0.960. The molecule has 0 radical (unpaired) electrons. The highest BCUT2D eigenvalue weighted by molar-refractivity contribution is 7.99. The number of aromatic nitrogens is 2. The van der Waals surface area contributed by atoms with E-state index in [1.165, 1.54) is 4.88 Å². The van der Waals surface area contributed by atoms with Gasteiger partial charge in [-0.25, -0.2) is 9.97 Å². The average molecular weight is 295 g/mol. The summed E-state index contributed by atoms with van der Waals surface area (Å²) in [4.78, 5) is 11.8. The molecule has 0 spiro atoms. The molecule has 0 aromatic carbocycles. The Kier molecular flexibility index (Phi) is 5.05. The van der Waals surface area contributed by atoms with E-state index < -0.39 is 0 Å². The van der Waals surface area contributed by atoms with Gasteiger partial charge in [-0.15, -0.1) is 11.3 Å². The first-order valence-corrected chi connectivity index (χ1v) is 8.59. The van der Waals surface area contributed by atoms with Gasteiger partial charge in [-0.3, -0.25) is 0 Å². The fourth-order valence-corrected chi connectivity index (χ4v) is 3.28. The van der Waals surface area contributed by atoms with E-state index in [4.69, 9.17) is 0 Å². The van der Waals surface area contributed by atoms with E-state index in [9.17, 15) is 0 Å². The van der Waals surface area contributed by atoms with Gasteiger partial charge >= 0.3 is 0 Å². The molecule has 0 saturated carbocycles. The van der Waals surface area contributed by atoms with E-state index in [1.54, 1.807) is 11.3 Å². The van der Waals surface area contributed by atoms with Gasteiger partial charge in [-0.1, -0.05) is 20.8 Å². The molecule has 0 aliphatic heterocycles. The maximum Gasteiger partial charge on any atom is 0.142 e. The van der Waals surface area contributed by atoms with E-state index in [-0.39, 0.29) is 0 Å². The molecule has 5 heteroatoms. The average Bonchev–Trinajstić information content (AvgIpc) is 2.73. The fraction of sp³-hybridized carbons (Fsp3) is 0.571. The van der Waals surface area contributed by atoms with Crippen molar-refractivity contribution in [3.63, 3.8) is 0 Å². The third-order valence-corrected chi connectivity index (χ3v) is 4.69. The van der Waals surface area contributed by atoms with Gasteiger partial charge in [0.2, 0.25) is 0 Å². The first-order chi connectivity index (χ1) is 9.10. The Morgan fingerprint density at radius 2 is 2.16 bits per heavy atom. The maximum absolute atomic E-state index is 4.69. The summed E-state index contributed by atoms with van der Waals surface area (Å²) in [6.07, 6.45) is 1.10. The minimum Gasteiger partial charge on any atom is -0.369 e. The second kappa shape index (κ2) is 6.57. The van der Waals surface area contributed by atoms with Gasteiger partial charge in [0.15, 0.2) is 0 Å². The van der Waals surface area contributed by atoms with Crippen LogP contribution >= 0.6 is 23.1 Å². The normalized spacial score (nSPS) is 11.4. The minimum atomic E-state index is 0.608. The van der Waals surface area contributed by atoms with Crippen LogP contribution in [0.2, 0.25) is 0 Å². The molecule has 0 unspecified atom stereocenters. The molecular formula is C14H21N3S2. The number of fused-ring (bicyclic) bond motifs is 1. The number of thiophene rings is 1. The number of nitrogens with one attached hydrogen (secondary N) is 1. The van der Waals surface area contributed by atoms with Crippen LogP contribution in [0.5, 0.6) is 0 Å². The largest absolute Gasteiger partial charge is 0.369 e. The highest BCUT2D eigenvalue weighted by Gasteiger charge is 2.10. The summed E-state index contributed by atoms with van der Waals surface area (Å²) in [5.41, 5.74) is 0. The molecule has 0 saturated heterocycles. The molecule has 0 aliphatic rings. The van der Waals surface area contributed by atoms with Crippen LogP contribution in [0.15, 0.2) is 6.07 Å². The van der Waals surface area contributed by atoms with Gasteiger partial charge < -0.3 is 5.32 Å². The number of hydrogen-bond donors (Lipinski definition) is 1. The van der Waals surface area contributed by atoms with Crippen LogP contribution in [0.4, 0.5) is 5.82 Å². The van der Waals surface area contributed by atoms with Crippen LogP contribution < -0.4 is 5.32 Å². The van der Waals surface area contributed by atoms with Crippen molar-refractivity contribution in [2.45, 2.75) is 45.1 Å². The molecule has 19 heavy (non-hydrogen) atoms. The molecule has 1 N–H and O–H groups in total. The Morgan fingerprint density at radius 3 is 2.84 bits per heavy atom. The number of rotatable bonds is 6. The van der Waals surface area contributed by atoms with Crippen molar-refractivity contribution in [1.29, 1.82) is 0 Å². The number of aryl methyl sites for hydroxylation is 1. The van der Waals surface area contributed by atoms with Gasteiger partial charge in [0, 0.05) is 11.4 Å². The summed E-state index contributed by atoms with van der Waals surface area (Å²) in [5, 5.41) is 5.19. The highest BCUT2D eigenvalue weighted by Crippen LogP contribution is 2.29. The Labute approximate surface area is 123 Å². The first-order valence-electron chi connectivity index (χ1n) is 6.72. The first kappa shape index (κ1) is 14.6. The molecular weight excluding hydrogens is 274 g/mol. The van der Waals surface area contributed by atoms with Crippen LogP contribution in [0.3, 0.4) is 0 Å². The summed E-state index contributed by atoms with van der Waals surface area (Å²) < 4.78 is 0. The summed E-state index contributed by atoms with van der Waals surface area (Å²) in [6, 6.07) is 2.18. The van der Waals surface area contributed by atoms with Gasteiger partial charge in [-0.05, 0) is 24.7 Å². The topological polar surface area (TPSA) is 37.8 Å². The van der Waals surface area contributed by atoms with E-state index in [0.29, 0.717) is 5.25 Å². The zero-order valence-corrected chi connectivity index (χ0v) is 13.6. The SMILES string of the molecule is CCCNc1nc(CSC(C)C)nc2sc(C)cc12. The monoisotopic (exact) mass is 295 g/mol. The summed E-state index contributed by atoms with van der Waals surface area (Å²) in [5.74, 6) is 2.81. The molecule has 2 aromatic heterocycles. The lowest BCUT2D eigenvalue weighted by Gasteiger charge is -2.08. The minimum absolute atomic E-state index is 0.608. The molecule has 0 aliphatic carbocycles. The van der Waals surface area contributed by atoms with Gasteiger partial charge in [0.1, 0.15) is 16.5 Å². The van der Waals surface area contributed by atoms with Crippen molar-refractivity contribution >= 4 is 39.1 Å². The van der Waals surface area contributed by atoms with Crippen molar-refractivity contribution in [3.05, 3.63) is 16.8 Å². The second-order valence-electron chi connectivity index (χ2n) is 4.85. The van der Waals surface area contributed by atoms with Crippen molar-refractivity contribution in [1.82, 2.24) is 9.97 Å². The number of hydrogen-bond acceptors (Lipinski definition) is 5. The van der Waals surface area contributed by atoms with Crippen LogP contribution in [0.25, 0.3) is 10.2 Å². The Bertz CT molecular complexity index is 549. The number of anilines is 1. The molecule has 2 rings (SSSR count). The predicted molar refractivity (Wildman–Crippen MR) is 87.4 cm³/mol. The van der Waals surface area contributed by atoms with Crippen LogP contribution in [0.1, 0.15) is 37.9 Å². The van der Waals surface area contributed by atoms with Gasteiger partial charge in [0.25, 0.3) is 0 Å². The van der Waals surface area contributed by atoms with Crippen molar-refractivity contribution < 1.29 is 0 Å². The quantitative estimate of drug-likeness (QED) is 0.853. The zero-order chi connectivity index (χ0) is 13.8. The molecule has 0 fully saturated rings. The highest BCUT2D eigenvalue weighted by atomic mass is 32.2. The summed E-state index contributed by atoms with van der Waals surface area (Å²) in [7, 11) is 0. The number of nitrogens with zero attached hydrogens (tertiary/aromatic N) is 2. The molecule has 0 amide bonds. The lowest BCUT2D eigenvalue weighted by atomic mass is 10.3. The molecule has 3 nitrogen and oxygen atoms in total. The van der Waals surface area contributed by atoms with Crippen LogP contribution in [-0.4, -0.2) is 21.8 Å². The smallest absolute Gasteiger partial charge is 0.142 e. The molecule has 0 bridgehead atoms. The van der Waals surface area contributed by atoms with Crippen molar-refractivity contribution in [3.8, 4) is 0 Å². The van der Waals surface area contributed by atoms with Crippen LogP contribution in [-0.2, 0) is 5.75 Å². The predicted octanol–water partition coefficient (Wildman–Crippen LogP) is 4.46. The second-order valence-corrected chi connectivity index (χ2v) is 7.65. The van der Waals surface area contributed by atoms with E-state index in [2.05, 4.69) is 49.0 Å². The summed E-state index contributed by atoms with van der Waals surface area (Å²) >= 11 is 3.63. The zero-order valence-electron chi connectivity index (χ0n) is 12.0. The summed E-state index contributed by atoms with van der Waals surface area (Å²) in [6.45, 7) is 9.65. The molecule has 104 valence electrons. The van der Waals surface area contributed by atoms with Gasteiger partial charge in [0.05, 0.1) is 11.1 Å². The Hall–Kier alpha value is -0.810. The van der Waals surface area contributed by atoms with Gasteiger partial charge in [-0.2, -0.15) is 11.8 Å². The van der Waals surface area contributed by atoms with E-state index in [1.807, 2.05) is 11.8 Å². The maximum atomic E-state index is 4.69. The Balaban J connectivity index is 2.32. The lowest BCUT2D eigenvalue weighted by Crippen LogP contribution is -2.05. The fourth-order valence-electron chi connectivity index (χ4n) is 1.77. The van der Waals surface area contributed by atoms with E-state index in [0.717, 1.165) is 40.6 Å². The third-order valence-electron chi connectivity index (χ3n) is 2.65. The Morgan fingerprint density at radius 1 is 1.37 bits per heavy atom. The van der Waals surface area contributed by atoms with E-state index >= 15 is 0 Å². The van der Waals surface area contributed by atoms with Crippen LogP contribution in [0, 0.1) is 6.92 Å². The van der Waals surface area contributed by atoms with Crippen molar-refractivity contribution in [2.75, 3.05) is 11.9 Å². The molecule has 2 aromatic rings. The molecule has 0 atom stereocenters. The standard InChI is InChI=1S/C14H21N3S2/c1-5-6-15-13-11-7-10(4)19-14(11)17-12(16-13)8-18-9(2)3/h7,9H,5-6,8H2,1-4H3,(H,15,16,17). The third kappa shape index (κ3) is 3.83. The van der Waals surface area contributed by atoms with Crippen molar-refractivity contribution in [2.24, 2.45) is 0 Å². The molecule has 2 heterocycles.